The Labute approximate surface area is 122 Å². The number of fused-ring (bicyclic) bond motifs is 1. The fourth-order valence-corrected chi connectivity index (χ4v) is 3.32. The van der Waals surface area contributed by atoms with Crippen molar-refractivity contribution in [3.63, 3.8) is 0 Å². The minimum atomic E-state index is 0.888. The Kier molecular flexibility index (Phi) is 3.81. The number of allylic oxidation sites excluding steroid dienone is 1. The minimum absolute atomic E-state index is 0.888. The molecule has 1 heterocycles. The first kappa shape index (κ1) is 13.7. The quantitative estimate of drug-likeness (QED) is 0.837. The smallest absolute Gasteiger partial charge is 0.0317 e. The van der Waals surface area contributed by atoms with Crippen LogP contribution in [0, 0.1) is 0 Å². The SMILES string of the molecule is CC1=C(CN2CCN(C)CC2)CCc2cc(N)ccc21. The van der Waals surface area contributed by atoms with Crippen LogP contribution < -0.4 is 5.73 Å². The Balaban J connectivity index is 1.77. The Bertz CT molecular complexity index is 525. The molecule has 0 saturated carbocycles. The van der Waals surface area contributed by atoms with Gasteiger partial charge in [0, 0.05) is 38.4 Å². The van der Waals surface area contributed by atoms with Gasteiger partial charge in [0.15, 0.2) is 0 Å². The number of aryl methyl sites for hydroxylation is 1. The third-order valence-electron chi connectivity index (χ3n) is 4.77. The molecule has 0 bridgehead atoms. The summed E-state index contributed by atoms with van der Waals surface area (Å²) in [7, 11) is 2.21. The van der Waals surface area contributed by atoms with Crippen LogP contribution in [0.15, 0.2) is 23.8 Å². The van der Waals surface area contributed by atoms with Crippen molar-refractivity contribution in [1.82, 2.24) is 9.80 Å². The summed E-state index contributed by atoms with van der Waals surface area (Å²) < 4.78 is 0. The number of nitrogen functional groups attached to an aromatic ring is 1. The Hall–Kier alpha value is -1.32. The summed E-state index contributed by atoms with van der Waals surface area (Å²) in [5, 5.41) is 0. The van der Waals surface area contributed by atoms with E-state index in [1.54, 1.807) is 5.57 Å². The number of rotatable bonds is 2. The number of nitrogens with two attached hydrogens (primary N) is 1. The summed E-state index contributed by atoms with van der Waals surface area (Å²) in [5.74, 6) is 0. The minimum Gasteiger partial charge on any atom is -0.399 e. The average molecular weight is 271 g/mol. The summed E-state index contributed by atoms with van der Waals surface area (Å²) in [6, 6.07) is 6.37. The van der Waals surface area contributed by atoms with Crippen molar-refractivity contribution in [2.24, 2.45) is 0 Å². The molecule has 1 aliphatic carbocycles. The molecule has 3 nitrogen and oxygen atoms in total. The van der Waals surface area contributed by atoms with Crippen LogP contribution in [0.2, 0.25) is 0 Å². The van der Waals surface area contributed by atoms with Crippen molar-refractivity contribution in [1.29, 1.82) is 0 Å². The van der Waals surface area contributed by atoms with Gasteiger partial charge in [0.2, 0.25) is 0 Å². The molecule has 20 heavy (non-hydrogen) atoms. The van der Waals surface area contributed by atoms with Crippen LogP contribution in [0.5, 0.6) is 0 Å². The lowest BCUT2D eigenvalue weighted by Gasteiger charge is -2.34. The number of hydrogen-bond donors (Lipinski definition) is 1. The van der Waals surface area contributed by atoms with Gasteiger partial charge in [0.25, 0.3) is 0 Å². The van der Waals surface area contributed by atoms with E-state index in [0.29, 0.717) is 0 Å². The zero-order chi connectivity index (χ0) is 14.1. The molecule has 1 saturated heterocycles. The van der Waals surface area contributed by atoms with Gasteiger partial charge in [-0.15, -0.1) is 0 Å². The van der Waals surface area contributed by atoms with E-state index in [2.05, 4.69) is 35.9 Å². The van der Waals surface area contributed by atoms with Crippen molar-refractivity contribution >= 4 is 11.3 Å². The van der Waals surface area contributed by atoms with Crippen LogP contribution >= 0.6 is 0 Å². The lowest BCUT2D eigenvalue weighted by Crippen LogP contribution is -2.45. The molecule has 2 aliphatic rings. The Morgan fingerprint density at radius 2 is 1.85 bits per heavy atom. The predicted octanol–water partition coefficient (Wildman–Crippen LogP) is 2.24. The van der Waals surface area contributed by atoms with E-state index in [1.807, 2.05) is 6.07 Å². The highest BCUT2D eigenvalue weighted by Crippen LogP contribution is 2.32. The van der Waals surface area contributed by atoms with Crippen LogP contribution in [0.1, 0.15) is 24.5 Å². The van der Waals surface area contributed by atoms with E-state index in [-0.39, 0.29) is 0 Å². The maximum absolute atomic E-state index is 5.90. The Morgan fingerprint density at radius 1 is 1.10 bits per heavy atom. The zero-order valence-electron chi connectivity index (χ0n) is 12.7. The highest BCUT2D eigenvalue weighted by atomic mass is 15.2. The first-order chi connectivity index (χ1) is 9.63. The van der Waals surface area contributed by atoms with E-state index < -0.39 is 0 Å². The van der Waals surface area contributed by atoms with Crippen molar-refractivity contribution in [2.45, 2.75) is 19.8 Å². The Morgan fingerprint density at radius 3 is 2.60 bits per heavy atom. The van der Waals surface area contributed by atoms with Crippen LogP contribution in [0.3, 0.4) is 0 Å². The van der Waals surface area contributed by atoms with Gasteiger partial charge in [-0.3, -0.25) is 4.90 Å². The molecule has 0 atom stereocenters. The summed E-state index contributed by atoms with van der Waals surface area (Å²) >= 11 is 0. The van der Waals surface area contributed by atoms with Gasteiger partial charge in [-0.25, -0.2) is 0 Å². The molecule has 108 valence electrons. The highest BCUT2D eigenvalue weighted by molar-refractivity contribution is 5.73. The highest BCUT2D eigenvalue weighted by Gasteiger charge is 2.20. The van der Waals surface area contributed by atoms with Gasteiger partial charge >= 0.3 is 0 Å². The summed E-state index contributed by atoms with van der Waals surface area (Å²) in [6.07, 6.45) is 2.33. The molecule has 0 unspecified atom stereocenters. The second-order valence-electron chi connectivity index (χ2n) is 6.22. The van der Waals surface area contributed by atoms with Crippen molar-refractivity contribution in [3.8, 4) is 0 Å². The van der Waals surface area contributed by atoms with Crippen LogP contribution in [-0.2, 0) is 6.42 Å². The molecule has 0 amide bonds. The van der Waals surface area contributed by atoms with Crippen LogP contribution in [0.25, 0.3) is 5.57 Å². The number of piperazine rings is 1. The van der Waals surface area contributed by atoms with Crippen molar-refractivity contribution in [2.75, 3.05) is 45.5 Å². The molecule has 2 N–H and O–H groups in total. The number of anilines is 1. The lowest BCUT2D eigenvalue weighted by molar-refractivity contribution is 0.163. The predicted molar refractivity (Wildman–Crippen MR) is 85.7 cm³/mol. The standard InChI is InChI=1S/C17H25N3/c1-13-15(12-20-9-7-19(2)8-10-20)4-3-14-11-16(18)5-6-17(13)14/h5-6,11H,3-4,7-10,12,18H2,1-2H3. The monoisotopic (exact) mass is 271 g/mol. The molecular weight excluding hydrogens is 246 g/mol. The molecule has 1 aliphatic heterocycles. The van der Waals surface area contributed by atoms with Gasteiger partial charge < -0.3 is 10.6 Å². The summed E-state index contributed by atoms with van der Waals surface area (Å²) in [6.45, 7) is 8.20. The van der Waals surface area contributed by atoms with Crippen molar-refractivity contribution < 1.29 is 0 Å². The number of hydrogen-bond acceptors (Lipinski definition) is 3. The fourth-order valence-electron chi connectivity index (χ4n) is 3.32. The second kappa shape index (κ2) is 5.58. The zero-order valence-corrected chi connectivity index (χ0v) is 12.7. The van der Waals surface area contributed by atoms with E-state index in [9.17, 15) is 0 Å². The largest absolute Gasteiger partial charge is 0.399 e. The number of benzene rings is 1. The molecule has 0 spiro atoms. The molecule has 3 heteroatoms. The van der Waals surface area contributed by atoms with Gasteiger partial charge in [-0.05, 0) is 55.6 Å². The van der Waals surface area contributed by atoms with E-state index >= 15 is 0 Å². The second-order valence-corrected chi connectivity index (χ2v) is 6.22. The third-order valence-corrected chi connectivity index (χ3v) is 4.77. The fraction of sp³-hybridized carbons (Fsp3) is 0.529. The van der Waals surface area contributed by atoms with Crippen LogP contribution in [-0.4, -0.2) is 49.6 Å². The molecular formula is C17H25N3. The molecule has 3 rings (SSSR count). The normalized spacial score (nSPS) is 21.1. The van der Waals surface area contributed by atoms with Gasteiger partial charge in [0.1, 0.15) is 0 Å². The topological polar surface area (TPSA) is 32.5 Å². The lowest BCUT2D eigenvalue weighted by atomic mass is 9.86. The number of nitrogens with zero attached hydrogens (tertiary/aromatic N) is 2. The van der Waals surface area contributed by atoms with E-state index in [1.165, 1.54) is 49.3 Å². The first-order valence-corrected chi connectivity index (χ1v) is 7.62. The third kappa shape index (κ3) is 2.74. The molecule has 0 radical (unpaired) electrons. The van der Waals surface area contributed by atoms with Gasteiger partial charge in [-0.2, -0.15) is 0 Å². The number of likely N-dealkylation sites (N-methyl/N-ethyl adjacent to an activating group) is 1. The maximum Gasteiger partial charge on any atom is 0.0317 e. The summed E-state index contributed by atoms with van der Waals surface area (Å²) in [4.78, 5) is 5.01. The van der Waals surface area contributed by atoms with E-state index in [0.717, 1.165) is 18.7 Å². The summed E-state index contributed by atoms with van der Waals surface area (Å²) in [5.41, 5.74) is 12.7. The van der Waals surface area contributed by atoms with Crippen LogP contribution in [0.4, 0.5) is 5.69 Å². The maximum atomic E-state index is 5.90. The molecule has 0 aromatic heterocycles. The van der Waals surface area contributed by atoms with E-state index in [4.69, 9.17) is 5.73 Å². The molecule has 1 fully saturated rings. The molecule has 1 aromatic rings. The molecule has 1 aromatic carbocycles. The first-order valence-electron chi connectivity index (χ1n) is 7.62. The van der Waals surface area contributed by atoms with Crippen molar-refractivity contribution in [3.05, 3.63) is 34.9 Å². The van der Waals surface area contributed by atoms with Gasteiger partial charge in [-0.1, -0.05) is 11.6 Å². The van der Waals surface area contributed by atoms with Gasteiger partial charge in [0.05, 0.1) is 0 Å². The average Bonchev–Trinajstić information content (AvgIpc) is 2.44.